The van der Waals surface area contributed by atoms with E-state index >= 15 is 0 Å². The van der Waals surface area contributed by atoms with Crippen LogP contribution in [0.1, 0.15) is 26.3 Å². The third-order valence-electron chi connectivity index (χ3n) is 5.64. The number of ether oxygens (including phenoxy) is 1. The number of benzene rings is 3. The number of hydrogen-bond acceptors (Lipinski definition) is 6. The molecule has 1 heterocycles. The lowest BCUT2D eigenvalue weighted by atomic mass is 9.94. The van der Waals surface area contributed by atoms with Crippen molar-refractivity contribution < 1.29 is 22.7 Å². The Balaban J connectivity index is 1.69. The molecule has 0 saturated heterocycles. The SMILES string of the molecule is COc1ccc(CNS(=O)(=O)c2ccc3c4c(cccc24)C(=O)N(CCN(C)C)C3=O)cc1. The Hall–Kier alpha value is -3.27. The number of sulfonamides is 1. The van der Waals surface area contributed by atoms with E-state index in [1.807, 2.05) is 19.0 Å². The molecule has 1 N–H and O–H groups in total. The average molecular weight is 468 g/mol. The zero-order valence-corrected chi connectivity index (χ0v) is 19.5. The topological polar surface area (TPSA) is 96.0 Å². The normalized spacial score (nSPS) is 13.8. The number of nitrogens with zero attached hydrogens (tertiary/aromatic N) is 2. The van der Waals surface area contributed by atoms with E-state index in [0.29, 0.717) is 34.2 Å². The molecule has 33 heavy (non-hydrogen) atoms. The smallest absolute Gasteiger partial charge is 0.261 e. The van der Waals surface area contributed by atoms with Gasteiger partial charge < -0.3 is 9.64 Å². The van der Waals surface area contributed by atoms with Crippen LogP contribution in [0, 0.1) is 0 Å². The van der Waals surface area contributed by atoms with Crippen LogP contribution in [0.25, 0.3) is 10.8 Å². The number of amides is 2. The van der Waals surface area contributed by atoms with Crippen LogP contribution >= 0.6 is 0 Å². The molecule has 0 radical (unpaired) electrons. The number of imide groups is 1. The minimum Gasteiger partial charge on any atom is -0.497 e. The Bertz CT molecular complexity index is 1310. The number of hydrogen-bond donors (Lipinski definition) is 1. The molecule has 0 aliphatic carbocycles. The third kappa shape index (κ3) is 4.35. The van der Waals surface area contributed by atoms with Gasteiger partial charge >= 0.3 is 0 Å². The molecule has 1 aliphatic rings. The van der Waals surface area contributed by atoms with Crippen molar-refractivity contribution in [1.82, 2.24) is 14.5 Å². The molecule has 0 fully saturated rings. The summed E-state index contributed by atoms with van der Waals surface area (Å²) in [6.45, 7) is 0.875. The van der Waals surface area contributed by atoms with Crippen LogP contribution in [0.5, 0.6) is 5.75 Å². The van der Waals surface area contributed by atoms with Crippen LogP contribution in [0.2, 0.25) is 0 Å². The van der Waals surface area contributed by atoms with Gasteiger partial charge in [0.25, 0.3) is 11.8 Å². The highest BCUT2D eigenvalue weighted by Crippen LogP contribution is 2.34. The van der Waals surface area contributed by atoms with Gasteiger partial charge in [-0.15, -0.1) is 0 Å². The lowest BCUT2D eigenvalue weighted by Gasteiger charge is -2.28. The molecule has 0 spiro atoms. The van der Waals surface area contributed by atoms with Crippen LogP contribution in [-0.2, 0) is 16.6 Å². The van der Waals surface area contributed by atoms with Crippen molar-refractivity contribution >= 4 is 32.6 Å². The number of carbonyl (C=O) groups is 2. The number of rotatable bonds is 8. The first-order chi connectivity index (χ1) is 15.7. The first-order valence-corrected chi connectivity index (χ1v) is 11.9. The zero-order valence-electron chi connectivity index (χ0n) is 18.7. The second-order valence-corrected chi connectivity index (χ2v) is 9.81. The van der Waals surface area contributed by atoms with E-state index in [0.717, 1.165) is 5.56 Å². The first-order valence-electron chi connectivity index (χ1n) is 10.4. The Morgan fingerprint density at radius 3 is 2.24 bits per heavy atom. The highest BCUT2D eigenvalue weighted by Gasteiger charge is 2.34. The Morgan fingerprint density at radius 1 is 0.939 bits per heavy atom. The molecular weight excluding hydrogens is 442 g/mol. The summed E-state index contributed by atoms with van der Waals surface area (Å²) >= 11 is 0. The molecule has 3 aromatic carbocycles. The average Bonchev–Trinajstić information content (AvgIpc) is 2.81. The lowest BCUT2D eigenvalue weighted by Crippen LogP contribution is -2.43. The second kappa shape index (κ2) is 8.93. The molecule has 2 amide bonds. The molecule has 8 nitrogen and oxygen atoms in total. The van der Waals surface area contributed by atoms with E-state index in [-0.39, 0.29) is 18.0 Å². The van der Waals surface area contributed by atoms with Gasteiger partial charge in [-0.2, -0.15) is 0 Å². The quantitative estimate of drug-likeness (QED) is 0.512. The van der Waals surface area contributed by atoms with Crippen molar-refractivity contribution in [3.8, 4) is 5.75 Å². The van der Waals surface area contributed by atoms with Crippen molar-refractivity contribution in [1.29, 1.82) is 0 Å². The monoisotopic (exact) mass is 467 g/mol. The van der Waals surface area contributed by atoms with E-state index in [1.54, 1.807) is 49.6 Å². The van der Waals surface area contributed by atoms with E-state index in [2.05, 4.69) is 4.72 Å². The summed E-state index contributed by atoms with van der Waals surface area (Å²) in [6, 6.07) is 14.9. The molecule has 0 unspecified atom stereocenters. The maximum absolute atomic E-state index is 13.2. The van der Waals surface area contributed by atoms with Crippen LogP contribution in [0.15, 0.2) is 59.5 Å². The highest BCUT2D eigenvalue weighted by atomic mass is 32.2. The van der Waals surface area contributed by atoms with Crippen molar-refractivity contribution in [2.24, 2.45) is 0 Å². The van der Waals surface area contributed by atoms with E-state index < -0.39 is 21.8 Å². The predicted octanol–water partition coefficient (Wildman–Crippen LogP) is 2.48. The number of nitrogens with one attached hydrogen (secondary N) is 1. The van der Waals surface area contributed by atoms with Gasteiger partial charge in [-0.3, -0.25) is 14.5 Å². The fourth-order valence-corrected chi connectivity index (χ4v) is 5.08. The van der Waals surface area contributed by atoms with Gasteiger partial charge in [0, 0.05) is 41.5 Å². The highest BCUT2D eigenvalue weighted by molar-refractivity contribution is 7.89. The lowest BCUT2D eigenvalue weighted by molar-refractivity contribution is 0.0601. The zero-order chi connectivity index (χ0) is 23.8. The molecule has 3 aromatic rings. The van der Waals surface area contributed by atoms with Crippen LogP contribution < -0.4 is 9.46 Å². The third-order valence-corrected chi connectivity index (χ3v) is 7.10. The molecule has 172 valence electrons. The molecular formula is C24H25N3O5S. The molecule has 1 aliphatic heterocycles. The van der Waals surface area contributed by atoms with Gasteiger partial charge in [0.2, 0.25) is 10.0 Å². The second-order valence-electron chi connectivity index (χ2n) is 8.08. The van der Waals surface area contributed by atoms with Gasteiger partial charge in [0.1, 0.15) is 5.75 Å². The molecule has 0 bridgehead atoms. The van der Waals surface area contributed by atoms with Gasteiger partial charge in [0.15, 0.2) is 0 Å². The molecule has 4 rings (SSSR count). The maximum Gasteiger partial charge on any atom is 0.261 e. The van der Waals surface area contributed by atoms with Gasteiger partial charge in [-0.25, -0.2) is 13.1 Å². The summed E-state index contributed by atoms with van der Waals surface area (Å²) in [5.74, 6) is -0.152. The van der Waals surface area contributed by atoms with Gasteiger partial charge in [0.05, 0.1) is 12.0 Å². The number of likely N-dealkylation sites (N-methyl/N-ethyl adjacent to an activating group) is 1. The summed E-state index contributed by atoms with van der Waals surface area (Å²) in [5.41, 5.74) is 1.42. The predicted molar refractivity (Wildman–Crippen MR) is 125 cm³/mol. The van der Waals surface area contributed by atoms with E-state index in [4.69, 9.17) is 4.74 Å². The van der Waals surface area contributed by atoms with Crippen molar-refractivity contribution in [3.63, 3.8) is 0 Å². The van der Waals surface area contributed by atoms with E-state index in [9.17, 15) is 18.0 Å². The maximum atomic E-state index is 13.2. The summed E-state index contributed by atoms with van der Waals surface area (Å²) in [4.78, 5) is 29.3. The fraction of sp³-hybridized carbons (Fsp3) is 0.250. The fourth-order valence-electron chi connectivity index (χ4n) is 3.86. The number of carbonyl (C=O) groups excluding carboxylic acids is 2. The van der Waals surface area contributed by atoms with Crippen molar-refractivity contribution in [2.75, 3.05) is 34.3 Å². The summed E-state index contributed by atoms with van der Waals surface area (Å²) < 4.78 is 34.0. The summed E-state index contributed by atoms with van der Waals surface area (Å²) in [7, 11) is 1.38. The minimum absolute atomic E-state index is 0.0268. The first kappa shape index (κ1) is 22.9. The minimum atomic E-state index is -3.91. The Labute approximate surface area is 192 Å². The summed E-state index contributed by atoms with van der Waals surface area (Å²) in [5, 5.41) is 0.724. The van der Waals surface area contributed by atoms with Crippen molar-refractivity contribution in [3.05, 3.63) is 71.3 Å². The summed E-state index contributed by atoms with van der Waals surface area (Å²) in [6.07, 6.45) is 0. The van der Waals surface area contributed by atoms with Gasteiger partial charge in [-0.1, -0.05) is 24.3 Å². The molecule has 9 heteroatoms. The van der Waals surface area contributed by atoms with Crippen LogP contribution in [0.3, 0.4) is 0 Å². The molecule has 0 atom stereocenters. The Kier molecular flexibility index (Phi) is 6.20. The largest absolute Gasteiger partial charge is 0.497 e. The van der Waals surface area contributed by atoms with Crippen LogP contribution in [0.4, 0.5) is 0 Å². The Morgan fingerprint density at radius 2 is 1.61 bits per heavy atom. The van der Waals surface area contributed by atoms with Crippen LogP contribution in [-0.4, -0.2) is 64.3 Å². The van der Waals surface area contributed by atoms with Crippen molar-refractivity contribution in [2.45, 2.75) is 11.4 Å². The number of methoxy groups -OCH3 is 1. The standard InChI is InChI=1S/C24H25N3O5S/c1-26(2)13-14-27-23(28)19-6-4-5-18-21(12-11-20(22(18)19)24(27)29)33(30,31)25-15-16-7-9-17(32-3)10-8-16/h4-12,25H,13-15H2,1-3H3. The van der Waals surface area contributed by atoms with E-state index in [1.165, 1.54) is 17.0 Å². The van der Waals surface area contributed by atoms with Gasteiger partial charge in [-0.05, 0) is 50.0 Å². The molecule has 0 saturated carbocycles. The molecule has 0 aromatic heterocycles.